The van der Waals surface area contributed by atoms with E-state index in [1.165, 1.54) is 0 Å². The molecule has 1 nitrogen and oxygen atoms in total. The maximum Gasteiger partial charge on any atom is 0.119 e. The highest BCUT2D eigenvalue weighted by molar-refractivity contribution is 5.22. The van der Waals surface area contributed by atoms with Gasteiger partial charge in [0.05, 0.1) is 6.10 Å². The Labute approximate surface area is 96.4 Å². The predicted octanol–water partition coefficient (Wildman–Crippen LogP) is 3.59. The standard InChI is InChI=1S/C15H16O/c1-2-8-14(9-3-1)16-15-10-12-6-4-5-7-13(12)11-15/h1-9,12-13,15H,10-11H2. The van der Waals surface area contributed by atoms with Crippen molar-refractivity contribution in [2.75, 3.05) is 0 Å². The molecule has 2 aliphatic carbocycles. The number of rotatable bonds is 2. The molecule has 1 aromatic rings. The average Bonchev–Trinajstić information content (AvgIpc) is 2.72. The first-order chi connectivity index (χ1) is 7.92. The third-order valence-corrected chi connectivity index (χ3v) is 3.49. The summed E-state index contributed by atoms with van der Waals surface area (Å²) in [5.74, 6) is 2.39. The van der Waals surface area contributed by atoms with Crippen LogP contribution in [0.15, 0.2) is 54.6 Å². The lowest BCUT2D eigenvalue weighted by Gasteiger charge is -2.12. The van der Waals surface area contributed by atoms with E-state index in [1.807, 2.05) is 30.3 Å². The third kappa shape index (κ3) is 1.90. The molecule has 82 valence electrons. The molecule has 1 saturated carbocycles. The number of ether oxygens (including phenoxy) is 1. The molecule has 1 heteroatoms. The highest BCUT2D eigenvalue weighted by Crippen LogP contribution is 2.37. The van der Waals surface area contributed by atoms with E-state index in [9.17, 15) is 0 Å². The van der Waals surface area contributed by atoms with E-state index in [4.69, 9.17) is 4.74 Å². The van der Waals surface area contributed by atoms with Crippen LogP contribution in [-0.4, -0.2) is 6.10 Å². The molecule has 16 heavy (non-hydrogen) atoms. The van der Waals surface area contributed by atoms with Crippen LogP contribution in [0.2, 0.25) is 0 Å². The first kappa shape index (κ1) is 9.71. The minimum Gasteiger partial charge on any atom is -0.490 e. The van der Waals surface area contributed by atoms with Crippen molar-refractivity contribution < 1.29 is 4.74 Å². The lowest BCUT2D eigenvalue weighted by Crippen LogP contribution is -2.11. The van der Waals surface area contributed by atoms with Crippen LogP contribution in [-0.2, 0) is 0 Å². The van der Waals surface area contributed by atoms with Gasteiger partial charge in [0.15, 0.2) is 0 Å². The Hall–Kier alpha value is -1.50. The molecule has 0 spiro atoms. The SMILES string of the molecule is C1=CC2CC(Oc3ccccc3)CC2C=C1. The van der Waals surface area contributed by atoms with E-state index in [1.54, 1.807) is 0 Å². The molecule has 1 aromatic carbocycles. The van der Waals surface area contributed by atoms with Crippen molar-refractivity contribution in [3.05, 3.63) is 54.6 Å². The minimum absolute atomic E-state index is 0.379. The zero-order chi connectivity index (χ0) is 10.8. The summed E-state index contributed by atoms with van der Waals surface area (Å²) in [5.41, 5.74) is 0. The zero-order valence-corrected chi connectivity index (χ0v) is 9.25. The minimum atomic E-state index is 0.379. The smallest absolute Gasteiger partial charge is 0.119 e. The summed E-state index contributed by atoms with van der Waals surface area (Å²) < 4.78 is 6.00. The molecule has 0 amide bonds. The molecule has 2 unspecified atom stereocenters. The van der Waals surface area contributed by atoms with Crippen molar-refractivity contribution in [2.24, 2.45) is 11.8 Å². The van der Waals surface area contributed by atoms with Gasteiger partial charge in [-0.05, 0) is 36.8 Å². The van der Waals surface area contributed by atoms with E-state index < -0.39 is 0 Å². The van der Waals surface area contributed by atoms with Gasteiger partial charge in [-0.25, -0.2) is 0 Å². The monoisotopic (exact) mass is 212 g/mol. The summed E-state index contributed by atoms with van der Waals surface area (Å²) in [5, 5.41) is 0. The second-order valence-corrected chi connectivity index (χ2v) is 4.62. The highest BCUT2D eigenvalue weighted by atomic mass is 16.5. The van der Waals surface area contributed by atoms with Crippen LogP contribution >= 0.6 is 0 Å². The third-order valence-electron chi connectivity index (χ3n) is 3.49. The van der Waals surface area contributed by atoms with Crippen molar-refractivity contribution in [1.29, 1.82) is 0 Å². The number of hydrogen-bond acceptors (Lipinski definition) is 1. The Kier molecular flexibility index (Phi) is 2.53. The molecule has 0 heterocycles. The maximum atomic E-state index is 6.00. The van der Waals surface area contributed by atoms with Gasteiger partial charge in [-0.1, -0.05) is 42.5 Å². The molecule has 0 N–H and O–H groups in total. The van der Waals surface area contributed by atoms with Gasteiger partial charge in [0.1, 0.15) is 5.75 Å². The van der Waals surface area contributed by atoms with E-state index in [-0.39, 0.29) is 0 Å². The highest BCUT2D eigenvalue weighted by Gasteiger charge is 2.33. The van der Waals surface area contributed by atoms with Crippen molar-refractivity contribution in [3.8, 4) is 5.75 Å². The van der Waals surface area contributed by atoms with Crippen LogP contribution in [0.1, 0.15) is 12.8 Å². The summed E-state index contributed by atoms with van der Waals surface area (Å²) in [6, 6.07) is 10.1. The fourth-order valence-corrected chi connectivity index (χ4v) is 2.70. The molecule has 2 aliphatic rings. The Morgan fingerprint density at radius 3 is 2.12 bits per heavy atom. The van der Waals surface area contributed by atoms with Crippen molar-refractivity contribution >= 4 is 0 Å². The van der Waals surface area contributed by atoms with Crippen LogP contribution in [0.5, 0.6) is 5.75 Å². The van der Waals surface area contributed by atoms with Gasteiger partial charge in [0.25, 0.3) is 0 Å². The molecule has 0 aliphatic heterocycles. The second-order valence-electron chi connectivity index (χ2n) is 4.62. The van der Waals surface area contributed by atoms with Gasteiger partial charge in [0, 0.05) is 0 Å². The van der Waals surface area contributed by atoms with Crippen LogP contribution in [0.25, 0.3) is 0 Å². The fourth-order valence-electron chi connectivity index (χ4n) is 2.70. The fraction of sp³-hybridized carbons (Fsp3) is 0.333. The topological polar surface area (TPSA) is 9.23 Å². The molecule has 2 atom stereocenters. The van der Waals surface area contributed by atoms with Crippen LogP contribution in [0.4, 0.5) is 0 Å². The van der Waals surface area contributed by atoms with E-state index in [0.717, 1.165) is 18.6 Å². The van der Waals surface area contributed by atoms with E-state index in [0.29, 0.717) is 17.9 Å². The van der Waals surface area contributed by atoms with Gasteiger partial charge in [-0.3, -0.25) is 0 Å². The summed E-state index contributed by atoms with van der Waals surface area (Å²) >= 11 is 0. The van der Waals surface area contributed by atoms with Crippen molar-refractivity contribution in [2.45, 2.75) is 18.9 Å². The van der Waals surface area contributed by atoms with Gasteiger partial charge in [0.2, 0.25) is 0 Å². The van der Waals surface area contributed by atoms with Crippen LogP contribution in [0, 0.1) is 11.8 Å². The van der Waals surface area contributed by atoms with Crippen molar-refractivity contribution in [3.63, 3.8) is 0 Å². The van der Waals surface area contributed by atoms with Crippen LogP contribution < -0.4 is 4.74 Å². The number of fused-ring (bicyclic) bond motifs is 1. The number of benzene rings is 1. The van der Waals surface area contributed by atoms with Gasteiger partial charge in [-0.15, -0.1) is 0 Å². The summed E-state index contributed by atoms with van der Waals surface area (Å²) in [7, 11) is 0. The summed E-state index contributed by atoms with van der Waals surface area (Å²) in [6.07, 6.45) is 11.6. The molecule has 0 saturated heterocycles. The Morgan fingerprint density at radius 1 is 0.875 bits per heavy atom. The average molecular weight is 212 g/mol. The Morgan fingerprint density at radius 2 is 1.50 bits per heavy atom. The first-order valence-corrected chi connectivity index (χ1v) is 5.98. The molecule has 1 fully saturated rings. The summed E-state index contributed by atoms with van der Waals surface area (Å²) in [4.78, 5) is 0. The molecule has 0 radical (unpaired) electrons. The predicted molar refractivity (Wildman–Crippen MR) is 65.4 cm³/mol. The zero-order valence-electron chi connectivity index (χ0n) is 9.25. The Bertz CT molecular complexity index is 385. The molecule has 0 bridgehead atoms. The van der Waals surface area contributed by atoms with E-state index in [2.05, 4.69) is 24.3 Å². The van der Waals surface area contributed by atoms with E-state index >= 15 is 0 Å². The molecular weight excluding hydrogens is 196 g/mol. The van der Waals surface area contributed by atoms with Crippen LogP contribution in [0.3, 0.4) is 0 Å². The lowest BCUT2D eigenvalue weighted by molar-refractivity contribution is 0.205. The normalized spacial score (nSPS) is 31.4. The quantitative estimate of drug-likeness (QED) is 0.728. The second kappa shape index (κ2) is 4.17. The summed E-state index contributed by atoms with van der Waals surface area (Å²) in [6.45, 7) is 0. The van der Waals surface area contributed by atoms with Crippen molar-refractivity contribution in [1.82, 2.24) is 0 Å². The van der Waals surface area contributed by atoms with Gasteiger partial charge < -0.3 is 4.74 Å². The molecule has 3 rings (SSSR count). The number of para-hydroxylation sites is 1. The Balaban J connectivity index is 1.66. The van der Waals surface area contributed by atoms with Gasteiger partial charge in [-0.2, -0.15) is 0 Å². The number of allylic oxidation sites excluding steroid dienone is 4. The largest absolute Gasteiger partial charge is 0.490 e. The maximum absolute atomic E-state index is 6.00. The van der Waals surface area contributed by atoms with Gasteiger partial charge >= 0.3 is 0 Å². The molecular formula is C15H16O. The first-order valence-electron chi connectivity index (χ1n) is 5.98. The molecule has 0 aromatic heterocycles. The lowest BCUT2D eigenvalue weighted by atomic mass is 9.92. The number of hydrogen-bond donors (Lipinski definition) is 0.